The molecule has 2 aromatic rings. The summed E-state index contributed by atoms with van der Waals surface area (Å²) in [6.07, 6.45) is 0. The van der Waals surface area contributed by atoms with Gasteiger partial charge in [0, 0.05) is 12.1 Å². The van der Waals surface area contributed by atoms with Crippen LogP contribution in [0.3, 0.4) is 0 Å². The number of benzene rings is 1. The highest BCUT2D eigenvalue weighted by Gasteiger charge is 2.30. The van der Waals surface area contributed by atoms with Crippen molar-refractivity contribution in [2.24, 2.45) is 11.7 Å². The van der Waals surface area contributed by atoms with Crippen LogP contribution >= 0.6 is 28.3 Å². The predicted octanol–water partition coefficient (Wildman–Crippen LogP) is 3.36. The second-order valence-electron chi connectivity index (χ2n) is 5.86. The number of aromatic amines is 1. The van der Waals surface area contributed by atoms with Gasteiger partial charge in [0.1, 0.15) is 11.4 Å². The van der Waals surface area contributed by atoms with Crippen molar-refractivity contribution in [3.05, 3.63) is 40.5 Å². The molecule has 5 nitrogen and oxygen atoms in total. The number of nitrogens with zero attached hydrogens (tertiary/aromatic N) is 1. The number of nitrogens with one attached hydrogen (secondary N) is 2. The molecule has 2 rings (SSSR count). The molecular weight excluding hydrogens is 380 g/mol. The Bertz CT molecular complexity index is 659. The van der Waals surface area contributed by atoms with Crippen LogP contribution in [0.1, 0.15) is 31.3 Å². The van der Waals surface area contributed by atoms with E-state index in [9.17, 15) is 4.79 Å². The van der Waals surface area contributed by atoms with E-state index in [1.54, 1.807) is 0 Å². The third-order valence-corrected chi connectivity index (χ3v) is 4.85. The first kappa shape index (κ1) is 19.7. The van der Waals surface area contributed by atoms with Gasteiger partial charge in [-0.15, -0.1) is 12.4 Å². The zero-order chi connectivity index (χ0) is 16.3. The Morgan fingerprint density at radius 1 is 1.39 bits per heavy atom. The summed E-state index contributed by atoms with van der Waals surface area (Å²) in [7, 11) is 0. The fraction of sp³-hybridized carbons (Fsp3) is 0.375. The SMILES string of the molecule is CC(C)C(C)(CN)NC(=O)c1[nH]nc(-c2ccccc2)c1Br.Cl. The molecule has 0 radical (unpaired) electrons. The van der Waals surface area contributed by atoms with E-state index in [1.807, 2.05) is 51.1 Å². The lowest BCUT2D eigenvalue weighted by Gasteiger charge is -2.33. The molecule has 0 aliphatic rings. The van der Waals surface area contributed by atoms with Gasteiger partial charge in [-0.3, -0.25) is 9.89 Å². The summed E-state index contributed by atoms with van der Waals surface area (Å²) >= 11 is 3.47. The molecular formula is C16H22BrClN4O. The van der Waals surface area contributed by atoms with Crippen molar-refractivity contribution in [2.45, 2.75) is 26.3 Å². The van der Waals surface area contributed by atoms with Crippen LogP contribution < -0.4 is 11.1 Å². The van der Waals surface area contributed by atoms with Gasteiger partial charge in [-0.05, 0) is 28.8 Å². The molecule has 1 unspecified atom stereocenters. The predicted molar refractivity (Wildman–Crippen MR) is 98.7 cm³/mol. The molecule has 4 N–H and O–H groups in total. The second kappa shape index (κ2) is 7.95. The van der Waals surface area contributed by atoms with E-state index in [-0.39, 0.29) is 24.2 Å². The van der Waals surface area contributed by atoms with E-state index >= 15 is 0 Å². The lowest BCUT2D eigenvalue weighted by Crippen LogP contribution is -2.55. The first-order valence-corrected chi connectivity index (χ1v) is 8.00. The zero-order valence-corrected chi connectivity index (χ0v) is 15.8. The van der Waals surface area contributed by atoms with Gasteiger partial charge in [0.05, 0.1) is 10.0 Å². The monoisotopic (exact) mass is 400 g/mol. The Balaban J connectivity index is 0.00000264. The standard InChI is InChI=1S/C16H21BrN4O.ClH/c1-10(2)16(3,9-18)19-15(22)14-12(17)13(20-21-14)11-7-5-4-6-8-11;/h4-8,10H,9,18H2,1-3H3,(H,19,22)(H,20,21);1H. The Kier molecular flexibility index (Phi) is 6.80. The molecule has 0 bridgehead atoms. The van der Waals surface area contributed by atoms with Gasteiger partial charge in [-0.1, -0.05) is 44.2 Å². The van der Waals surface area contributed by atoms with Crippen LogP contribution in [0.5, 0.6) is 0 Å². The molecule has 0 fully saturated rings. The second-order valence-corrected chi connectivity index (χ2v) is 6.65. The maximum atomic E-state index is 12.5. The van der Waals surface area contributed by atoms with Crippen molar-refractivity contribution in [1.82, 2.24) is 15.5 Å². The lowest BCUT2D eigenvalue weighted by molar-refractivity contribution is 0.0877. The number of hydrogen-bond acceptors (Lipinski definition) is 3. The van der Waals surface area contributed by atoms with Crippen LogP contribution in [-0.2, 0) is 0 Å². The number of rotatable bonds is 5. The van der Waals surface area contributed by atoms with Crippen LogP contribution in [0.4, 0.5) is 0 Å². The summed E-state index contributed by atoms with van der Waals surface area (Å²) in [6.45, 7) is 6.38. The van der Waals surface area contributed by atoms with Crippen molar-refractivity contribution in [2.75, 3.05) is 6.54 Å². The number of nitrogens with two attached hydrogens (primary N) is 1. The quantitative estimate of drug-likeness (QED) is 0.718. The van der Waals surface area contributed by atoms with Crippen molar-refractivity contribution >= 4 is 34.2 Å². The third kappa shape index (κ3) is 4.13. The molecule has 0 saturated heterocycles. The molecule has 1 atom stereocenters. The van der Waals surface area contributed by atoms with Gasteiger partial charge in [0.15, 0.2) is 0 Å². The minimum absolute atomic E-state index is 0. The largest absolute Gasteiger partial charge is 0.344 e. The third-order valence-electron chi connectivity index (χ3n) is 4.08. The number of amides is 1. The van der Waals surface area contributed by atoms with Gasteiger partial charge in [0.25, 0.3) is 5.91 Å². The molecule has 0 spiro atoms. The Morgan fingerprint density at radius 2 is 2.00 bits per heavy atom. The molecule has 1 heterocycles. The molecule has 1 aromatic carbocycles. The topological polar surface area (TPSA) is 83.8 Å². The Labute approximate surface area is 151 Å². The van der Waals surface area contributed by atoms with Crippen LogP contribution in [0.15, 0.2) is 34.8 Å². The fourth-order valence-electron chi connectivity index (χ4n) is 2.02. The van der Waals surface area contributed by atoms with Crippen molar-refractivity contribution in [3.63, 3.8) is 0 Å². The van der Waals surface area contributed by atoms with E-state index in [0.29, 0.717) is 22.4 Å². The molecule has 0 aliphatic carbocycles. The van der Waals surface area contributed by atoms with Crippen molar-refractivity contribution in [1.29, 1.82) is 0 Å². The lowest BCUT2D eigenvalue weighted by atomic mass is 9.88. The smallest absolute Gasteiger partial charge is 0.270 e. The fourth-order valence-corrected chi connectivity index (χ4v) is 2.61. The molecule has 126 valence electrons. The van der Waals surface area contributed by atoms with Gasteiger partial charge < -0.3 is 11.1 Å². The van der Waals surface area contributed by atoms with Gasteiger partial charge in [0.2, 0.25) is 0 Å². The van der Waals surface area contributed by atoms with Crippen LogP contribution in [0.2, 0.25) is 0 Å². The van der Waals surface area contributed by atoms with Crippen LogP contribution in [0.25, 0.3) is 11.3 Å². The van der Waals surface area contributed by atoms with Crippen molar-refractivity contribution in [3.8, 4) is 11.3 Å². The maximum Gasteiger partial charge on any atom is 0.270 e. The van der Waals surface area contributed by atoms with Gasteiger partial charge in [-0.25, -0.2) is 0 Å². The normalized spacial score (nSPS) is 13.3. The number of halogens is 2. The summed E-state index contributed by atoms with van der Waals surface area (Å²) in [5.41, 5.74) is 7.41. The Morgan fingerprint density at radius 3 is 2.52 bits per heavy atom. The number of carbonyl (C=O) groups excluding carboxylic acids is 1. The van der Waals surface area contributed by atoms with Gasteiger partial charge >= 0.3 is 0 Å². The number of H-pyrrole nitrogens is 1. The summed E-state index contributed by atoms with van der Waals surface area (Å²) in [4.78, 5) is 12.5. The average molecular weight is 402 g/mol. The minimum Gasteiger partial charge on any atom is -0.344 e. The highest BCUT2D eigenvalue weighted by Crippen LogP contribution is 2.29. The molecule has 23 heavy (non-hydrogen) atoms. The first-order chi connectivity index (χ1) is 10.4. The average Bonchev–Trinajstić information content (AvgIpc) is 2.89. The van der Waals surface area contributed by atoms with E-state index in [1.165, 1.54) is 0 Å². The number of carbonyl (C=O) groups is 1. The maximum absolute atomic E-state index is 12.5. The van der Waals surface area contributed by atoms with E-state index in [2.05, 4.69) is 31.4 Å². The molecule has 1 amide bonds. The van der Waals surface area contributed by atoms with E-state index in [0.717, 1.165) is 5.56 Å². The number of hydrogen-bond donors (Lipinski definition) is 3. The van der Waals surface area contributed by atoms with Crippen molar-refractivity contribution < 1.29 is 4.79 Å². The summed E-state index contributed by atoms with van der Waals surface area (Å²) in [5.74, 6) is -0.0000493. The van der Waals surface area contributed by atoms with Gasteiger partial charge in [-0.2, -0.15) is 5.10 Å². The summed E-state index contributed by atoms with van der Waals surface area (Å²) in [5, 5.41) is 10.1. The summed E-state index contributed by atoms with van der Waals surface area (Å²) < 4.78 is 0.652. The highest BCUT2D eigenvalue weighted by molar-refractivity contribution is 9.10. The molecule has 7 heteroatoms. The molecule has 1 aromatic heterocycles. The highest BCUT2D eigenvalue weighted by atomic mass is 79.9. The minimum atomic E-state index is -0.464. The summed E-state index contributed by atoms with van der Waals surface area (Å²) in [6, 6.07) is 9.69. The molecule has 0 saturated carbocycles. The van der Waals surface area contributed by atoms with Crippen LogP contribution in [0, 0.1) is 5.92 Å². The van der Waals surface area contributed by atoms with Crippen LogP contribution in [-0.4, -0.2) is 28.2 Å². The number of aromatic nitrogens is 2. The van der Waals surface area contributed by atoms with E-state index in [4.69, 9.17) is 5.73 Å². The Hall–Kier alpha value is -1.37. The zero-order valence-electron chi connectivity index (χ0n) is 13.4. The first-order valence-electron chi connectivity index (χ1n) is 7.21. The molecule has 0 aliphatic heterocycles. The van der Waals surface area contributed by atoms with E-state index < -0.39 is 5.54 Å².